The molecule has 0 bridgehead atoms. The molecule has 2 heteroatoms. The highest BCUT2D eigenvalue weighted by molar-refractivity contribution is 5.98. The zero-order valence-corrected chi connectivity index (χ0v) is 12.1. The fourth-order valence-corrected chi connectivity index (χ4v) is 3.07. The van der Waals surface area contributed by atoms with Gasteiger partial charge in [-0.3, -0.25) is 4.79 Å². The smallest absolute Gasteiger partial charge is 0.164 e. The lowest BCUT2D eigenvalue weighted by Crippen LogP contribution is -2.16. The van der Waals surface area contributed by atoms with Crippen molar-refractivity contribution in [3.63, 3.8) is 0 Å². The summed E-state index contributed by atoms with van der Waals surface area (Å²) in [4.78, 5) is 11.9. The SMILES string of the molecule is Cc1cc2c(n1C(C)CCC(C)C)CCCC2=O. The first-order valence-corrected chi connectivity index (χ1v) is 7.24. The van der Waals surface area contributed by atoms with E-state index in [-0.39, 0.29) is 0 Å². The summed E-state index contributed by atoms with van der Waals surface area (Å²) in [5.74, 6) is 1.09. The fourth-order valence-electron chi connectivity index (χ4n) is 3.07. The molecular weight excluding hydrogens is 222 g/mol. The summed E-state index contributed by atoms with van der Waals surface area (Å²) in [6, 6.07) is 2.62. The summed E-state index contributed by atoms with van der Waals surface area (Å²) in [6.07, 6.45) is 5.28. The van der Waals surface area contributed by atoms with Gasteiger partial charge in [0, 0.05) is 29.4 Å². The van der Waals surface area contributed by atoms with Crippen molar-refractivity contribution in [3.8, 4) is 0 Å². The van der Waals surface area contributed by atoms with Gasteiger partial charge in [0.15, 0.2) is 5.78 Å². The van der Waals surface area contributed by atoms with E-state index in [2.05, 4.69) is 38.3 Å². The predicted molar refractivity (Wildman–Crippen MR) is 75.2 cm³/mol. The second-order valence-corrected chi connectivity index (χ2v) is 6.11. The van der Waals surface area contributed by atoms with Gasteiger partial charge in [0.25, 0.3) is 0 Å². The predicted octanol–water partition coefficient (Wildman–Crippen LogP) is 4.31. The molecular formula is C16H25NO. The average Bonchev–Trinajstić information content (AvgIpc) is 2.64. The Balaban J connectivity index is 2.25. The van der Waals surface area contributed by atoms with Crippen LogP contribution in [-0.2, 0) is 6.42 Å². The lowest BCUT2D eigenvalue weighted by molar-refractivity contribution is 0.0971. The van der Waals surface area contributed by atoms with E-state index in [1.54, 1.807) is 0 Å². The number of Topliss-reactive ketones (excluding diaryl/α,β-unsaturated/α-hetero) is 1. The third kappa shape index (κ3) is 2.52. The van der Waals surface area contributed by atoms with Crippen LogP contribution in [0.25, 0.3) is 0 Å². The molecule has 0 aliphatic heterocycles. The zero-order valence-electron chi connectivity index (χ0n) is 12.1. The molecule has 2 rings (SSSR count). The van der Waals surface area contributed by atoms with E-state index >= 15 is 0 Å². The van der Waals surface area contributed by atoms with Gasteiger partial charge in [0.1, 0.15) is 0 Å². The van der Waals surface area contributed by atoms with Crippen molar-refractivity contribution < 1.29 is 4.79 Å². The van der Waals surface area contributed by atoms with Gasteiger partial charge >= 0.3 is 0 Å². The van der Waals surface area contributed by atoms with Crippen LogP contribution in [0.4, 0.5) is 0 Å². The van der Waals surface area contributed by atoms with Crippen molar-refractivity contribution >= 4 is 5.78 Å². The molecule has 0 saturated carbocycles. The molecule has 1 unspecified atom stereocenters. The van der Waals surface area contributed by atoms with Gasteiger partial charge in [-0.15, -0.1) is 0 Å². The van der Waals surface area contributed by atoms with Crippen LogP contribution in [-0.4, -0.2) is 10.4 Å². The highest BCUT2D eigenvalue weighted by Gasteiger charge is 2.24. The number of rotatable bonds is 4. The molecule has 1 aliphatic carbocycles. The van der Waals surface area contributed by atoms with Crippen LogP contribution >= 0.6 is 0 Å². The molecule has 1 aromatic rings. The second kappa shape index (κ2) is 5.29. The fraction of sp³-hybridized carbons (Fsp3) is 0.688. The first-order chi connectivity index (χ1) is 8.50. The Morgan fingerprint density at radius 2 is 1.94 bits per heavy atom. The first-order valence-electron chi connectivity index (χ1n) is 7.24. The van der Waals surface area contributed by atoms with Crippen LogP contribution in [0.1, 0.15) is 74.2 Å². The van der Waals surface area contributed by atoms with Crippen LogP contribution in [0.5, 0.6) is 0 Å². The van der Waals surface area contributed by atoms with Crippen molar-refractivity contribution in [2.24, 2.45) is 5.92 Å². The van der Waals surface area contributed by atoms with Gasteiger partial charge in [0.2, 0.25) is 0 Å². The van der Waals surface area contributed by atoms with E-state index in [0.29, 0.717) is 11.8 Å². The molecule has 0 radical (unpaired) electrons. The molecule has 0 N–H and O–H groups in total. The molecule has 1 aliphatic rings. The molecule has 1 aromatic heterocycles. The quantitative estimate of drug-likeness (QED) is 0.777. The molecule has 1 atom stereocenters. The molecule has 0 saturated heterocycles. The highest BCUT2D eigenvalue weighted by atomic mass is 16.1. The van der Waals surface area contributed by atoms with Crippen molar-refractivity contribution in [2.45, 2.75) is 65.8 Å². The largest absolute Gasteiger partial charge is 0.345 e. The Bertz CT molecular complexity index is 442. The minimum atomic E-state index is 0.342. The summed E-state index contributed by atoms with van der Waals surface area (Å²) in [5.41, 5.74) is 3.54. The van der Waals surface area contributed by atoms with E-state index in [1.807, 2.05) is 0 Å². The first kappa shape index (κ1) is 13.4. The second-order valence-electron chi connectivity index (χ2n) is 6.11. The van der Waals surface area contributed by atoms with Gasteiger partial charge in [0.05, 0.1) is 0 Å². The average molecular weight is 247 g/mol. The lowest BCUT2D eigenvalue weighted by atomic mass is 9.96. The van der Waals surface area contributed by atoms with Gasteiger partial charge in [-0.1, -0.05) is 13.8 Å². The minimum Gasteiger partial charge on any atom is -0.345 e. The third-order valence-corrected chi connectivity index (χ3v) is 4.06. The molecule has 100 valence electrons. The van der Waals surface area contributed by atoms with Crippen LogP contribution in [0, 0.1) is 12.8 Å². The number of aryl methyl sites for hydroxylation is 1. The van der Waals surface area contributed by atoms with Crippen LogP contribution in [0.15, 0.2) is 6.07 Å². The molecule has 2 nitrogen and oxygen atoms in total. The topological polar surface area (TPSA) is 22.0 Å². The molecule has 0 spiro atoms. The number of hydrogen-bond donors (Lipinski definition) is 0. The monoisotopic (exact) mass is 247 g/mol. The van der Waals surface area contributed by atoms with E-state index in [9.17, 15) is 4.79 Å². The summed E-state index contributed by atoms with van der Waals surface area (Å²) in [5, 5.41) is 0. The van der Waals surface area contributed by atoms with Crippen molar-refractivity contribution in [1.29, 1.82) is 0 Å². The molecule has 1 heterocycles. The van der Waals surface area contributed by atoms with Crippen molar-refractivity contribution in [2.75, 3.05) is 0 Å². The minimum absolute atomic E-state index is 0.342. The Kier molecular flexibility index (Phi) is 3.94. The van der Waals surface area contributed by atoms with E-state index in [1.165, 1.54) is 24.2 Å². The lowest BCUT2D eigenvalue weighted by Gasteiger charge is -2.22. The van der Waals surface area contributed by atoms with Crippen LogP contribution in [0.3, 0.4) is 0 Å². The Morgan fingerprint density at radius 1 is 1.22 bits per heavy atom. The van der Waals surface area contributed by atoms with Gasteiger partial charge in [-0.05, 0) is 51.5 Å². The Hall–Kier alpha value is -1.05. The number of fused-ring (bicyclic) bond motifs is 1. The number of aromatic nitrogens is 1. The maximum atomic E-state index is 11.9. The van der Waals surface area contributed by atoms with Gasteiger partial charge in [-0.25, -0.2) is 0 Å². The summed E-state index contributed by atoms with van der Waals surface area (Å²) >= 11 is 0. The number of hydrogen-bond acceptors (Lipinski definition) is 1. The molecule has 0 aromatic carbocycles. The van der Waals surface area contributed by atoms with E-state index < -0.39 is 0 Å². The van der Waals surface area contributed by atoms with E-state index in [4.69, 9.17) is 0 Å². The maximum absolute atomic E-state index is 11.9. The van der Waals surface area contributed by atoms with Crippen LogP contribution in [0.2, 0.25) is 0 Å². The standard InChI is InChI=1S/C16H25NO/c1-11(2)8-9-12(3)17-13(4)10-14-15(17)6-5-7-16(14)18/h10-12H,5-9H2,1-4H3. The van der Waals surface area contributed by atoms with Gasteiger partial charge in [-0.2, -0.15) is 0 Å². The highest BCUT2D eigenvalue weighted by Crippen LogP contribution is 2.30. The number of carbonyl (C=O) groups excluding carboxylic acids is 1. The molecule has 0 amide bonds. The zero-order chi connectivity index (χ0) is 13.3. The number of nitrogens with zero attached hydrogens (tertiary/aromatic N) is 1. The summed E-state index contributed by atoms with van der Waals surface area (Å²) in [6.45, 7) is 8.97. The van der Waals surface area contributed by atoms with Crippen LogP contribution < -0.4 is 0 Å². The van der Waals surface area contributed by atoms with Gasteiger partial charge < -0.3 is 4.57 Å². The van der Waals surface area contributed by atoms with Crippen molar-refractivity contribution in [3.05, 3.63) is 23.0 Å². The van der Waals surface area contributed by atoms with E-state index in [0.717, 1.165) is 30.7 Å². The third-order valence-electron chi connectivity index (χ3n) is 4.06. The Labute approximate surface area is 110 Å². The normalized spacial score (nSPS) is 17.1. The molecule has 18 heavy (non-hydrogen) atoms. The number of ketones is 1. The summed E-state index contributed by atoms with van der Waals surface area (Å²) < 4.78 is 2.41. The molecule has 0 fully saturated rings. The summed E-state index contributed by atoms with van der Waals surface area (Å²) in [7, 11) is 0. The number of carbonyl (C=O) groups is 1. The Morgan fingerprint density at radius 3 is 2.61 bits per heavy atom. The maximum Gasteiger partial charge on any atom is 0.164 e. The van der Waals surface area contributed by atoms with Crippen molar-refractivity contribution in [1.82, 2.24) is 4.57 Å².